The lowest BCUT2D eigenvalue weighted by Crippen LogP contribution is -2.27. The smallest absolute Gasteiger partial charge is 0.292 e. The summed E-state index contributed by atoms with van der Waals surface area (Å²) in [5, 5.41) is 4.95. The number of benzene rings is 1. The van der Waals surface area contributed by atoms with E-state index in [2.05, 4.69) is 10.3 Å². The predicted molar refractivity (Wildman–Crippen MR) is 61.4 cm³/mol. The minimum atomic E-state index is -4.44. The van der Waals surface area contributed by atoms with Crippen LogP contribution in [0.4, 0.5) is 13.2 Å². The molecule has 9 heteroatoms. The zero-order chi connectivity index (χ0) is 14.7. The monoisotopic (exact) mass is 298 g/mol. The Morgan fingerprint density at radius 1 is 1.42 bits per heavy atom. The molecule has 3 N–H and O–H groups in total. The normalized spacial score (nSPS) is 14.4. The van der Waals surface area contributed by atoms with Crippen LogP contribution < -0.4 is 10.6 Å². The number of hydrogen-bond donors (Lipinski definition) is 2. The molecule has 0 heterocycles. The number of hydroxylamine groups is 1. The van der Waals surface area contributed by atoms with Crippen molar-refractivity contribution in [2.75, 3.05) is 6.61 Å². The van der Waals surface area contributed by atoms with Crippen LogP contribution in [0.3, 0.4) is 0 Å². The van der Waals surface area contributed by atoms with E-state index in [1.807, 2.05) is 0 Å². The van der Waals surface area contributed by atoms with Crippen LogP contribution in [0.25, 0.3) is 0 Å². The molecule has 0 saturated carbocycles. The topological polar surface area (TPSA) is 81.4 Å². The molecule has 1 rings (SSSR count). The second-order valence-corrected chi connectivity index (χ2v) is 5.42. The van der Waals surface area contributed by atoms with E-state index in [-0.39, 0.29) is 4.90 Å². The summed E-state index contributed by atoms with van der Waals surface area (Å²) >= 11 is 0. The highest BCUT2D eigenvalue weighted by molar-refractivity contribution is 7.89. The van der Waals surface area contributed by atoms with Gasteiger partial charge in [-0.15, -0.1) is 0 Å². The van der Waals surface area contributed by atoms with Crippen LogP contribution in [0, 0.1) is 0 Å². The van der Waals surface area contributed by atoms with Crippen molar-refractivity contribution in [3.63, 3.8) is 0 Å². The summed E-state index contributed by atoms with van der Waals surface area (Å²) in [6.07, 6.45) is -4.44. The van der Waals surface area contributed by atoms with Crippen molar-refractivity contribution < 1.29 is 26.4 Å². The van der Waals surface area contributed by atoms with Crippen LogP contribution in [0.1, 0.15) is 18.5 Å². The molecule has 0 radical (unpaired) electrons. The van der Waals surface area contributed by atoms with Gasteiger partial charge in [0.15, 0.2) is 6.61 Å². The predicted octanol–water partition coefficient (Wildman–Crippen LogP) is 1.48. The Bertz CT molecular complexity index is 531. The van der Waals surface area contributed by atoms with Gasteiger partial charge in [0.25, 0.3) is 0 Å². The van der Waals surface area contributed by atoms with Crippen LogP contribution >= 0.6 is 0 Å². The Balaban J connectivity index is 2.70. The van der Waals surface area contributed by atoms with Gasteiger partial charge >= 0.3 is 6.18 Å². The second-order valence-electron chi connectivity index (χ2n) is 3.86. The van der Waals surface area contributed by atoms with E-state index in [4.69, 9.17) is 5.14 Å². The Labute approximate surface area is 108 Å². The zero-order valence-corrected chi connectivity index (χ0v) is 10.8. The van der Waals surface area contributed by atoms with Crippen LogP contribution in [0.5, 0.6) is 0 Å². The molecule has 19 heavy (non-hydrogen) atoms. The van der Waals surface area contributed by atoms with Gasteiger partial charge in [-0.05, 0) is 24.6 Å². The van der Waals surface area contributed by atoms with Gasteiger partial charge in [-0.1, -0.05) is 12.1 Å². The van der Waals surface area contributed by atoms with Crippen molar-refractivity contribution in [2.45, 2.75) is 24.0 Å². The molecular formula is C10H13F3N2O3S. The number of hydrogen-bond acceptors (Lipinski definition) is 4. The molecule has 1 atom stereocenters. The van der Waals surface area contributed by atoms with E-state index in [1.165, 1.54) is 25.1 Å². The van der Waals surface area contributed by atoms with Gasteiger partial charge in [0, 0.05) is 0 Å². The first-order valence-electron chi connectivity index (χ1n) is 5.16. The molecule has 0 aliphatic heterocycles. The standard InChI is InChI=1S/C10H13F3N2O3S/c1-7(15-18-6-10(11,12)13)8-3-2-4-9(5-8)19(14,16)17/h2-5,7,15H,6H2,1H3,(H2,14,16,17). The number of sulfonamides is 1. The van der Waals surface area contributed by atoms with Crippen molar-refractivity contribution in [1.82, 2.24) is 5.48 Å². The van der Waals surface area contributed by atoms with Crippen LogP contribution in [-0.4, -0.2) is 21.2 Å². The summed E-state index contributed by atoms with van der Waals surface area (Å²) in [5.74, 6) is 0. The molecule has 0 fully saturated rings. The van der Waals surface area contributed by atoms with Crippen LogP contribution in [-0.2, 0) is 14.9 Å². The number of alkyl halides is 3. The summed E-state index contributed by atoms with van der Waals surface area (Å²) in [4.78, 5) is 4.17. The number of nitrogens with one attached hydrogen (secondary N) is 1. The molecule has 108 valence electrons. The van der Waals surface area contributed by atoms with Gasteiger partial charge < -0.3 is 0 Å². The number of halogens is 3. The summed E-state index contributed by atoms with van der Waals surface area (Å²) in [7, 11) is -3.85. The zero-order valence-electron chi connectivity index (χ0n) is 9.94. The van der Waals surface area contributed by atoms with Crippen LogP contribution in [0.15, 0.2) is 29.2 Å². The van der Waals surface area contributed by atoms with Gasteiger partial charge in [-0.2, -0.15) is 18.7 Å². The first kappa shape index (κ1) is 15.9. The SMILES string of the molecule is CC(NOCC(F)(F)F)c1cccc(S(N)(=O)=O)c1. The van der Waals surface area contributed by atoms with Gasteiger partial charge in [0.1, 0.15) is 0 Å². The molecule has 1 unspecified atom stereocenters. The highest BCUT2D eigenvalue weighted by Crippen LogP contribution is 2.18. The minimum Gasteiger partial charge on any atom is -0.292 e. The van der Waals surface area contributed by atoms with Crippen molar-refractivity contribution >= 4 is 10.0 Å². The van der Waals surface area contributed by atoms with E-state index < -0.39 is 28.8 Å². The van der Waals surface area contributed by atoms with E-state index in [0.717, 1.165) is 0 Å². The average molecular weight is 298 g/mol. The molecule has 0 saturated heterocycles. The molecular weight excluding hydrogens is 285 g/mol. The number of primary sulfonamides is 1. The molecule has 0 amide bonds. The first-order valence-corrected chi connectivity index (χ1v) is 6.71. The lowest BCUT2D eigenvalue weighted by molar-refractivity contribution is -0.192. The highest BCUT2D eigenvalue weighted by Gasteiger charge is 2.28. The summed E-state index contributed by atoms with van der Waals surface area (Å²) < 4.78 is 57.9. The van der Waals surface area contributed by atoms with E-state index >= 15 is 0 Å². The second kappa shape index (κ2) is 5.87. The summed E-state index contributed by atoms with van der Waals surface area (Å²) in [5.41, 5.74) is 2.62. The fraction of sp³-hybridized carbons (Fsp3) is 0.400. The molecule has 5 nitrogen and oxygen atoms in total. The van der Waals surface area contributed by atoms with Gasteiger partial charge in [0.2, 0.25) is 10.0 Å². The van der Waals surface area contributed by atoms with Gasteiger partial charge in [-0.25, -0.2) is 13.6 Å². The van der Waals surface area contributed by atoms with Crippen molar-refractivity contribution in [3.05, 3.63) is 29.8 Å². The molecule has 1 aromatic rings. The third-order valence-corrected chi connectivity index (χ3v) is 3.09. The maximum Gasteiger partial charge on any atom is 0.413 e. The fourth-order valence-corrected chi connectivity index (χ4v) is 1.85. The van der Waals surface area contributed by atoms with Crippen LogP contribution in [0.2, 0.25) is 0 Å². The minimum absolute atomic E-state index is 0.116. The molecule has 0 aliphatic carbocycles. The average Bonchev–Trinajstić information content (AvgIpc) is 2.26. The Morgan fingerprint density at radius 3 is 2.58 bits per heavy atom. The summed E-state index contributed by atoms with van der Waals surface area (Å²) in [6, 6.07) is 4.93. The Kier molecular flexibility index (Phi) is 4.91. The number of nitrogens with two attached hydrogens (primary N) is 1. The highest BCUT2D eigenvalue weighted by atomic mass is 32.2. The third-order valence-electron chi connectivity index (χ3n) is 2.18. The first-order chi connectivity index (χ1) is 8.59. The van der Waals surface area contributed by atoms with Crippen molar-refractivity contribution in [2.24, 2.45) is 5.14 Å². The Morgan fingerprint density at radius 2 is 2.05 bits per heavy atom. The van der Waals surface area contributed by atoms with Crippen molar-refractivity contribution in [1.29, 1.82) is 0 Å². The molecule has 0 aliphatic rings. The largest absolute Gasteiger partial charge is 0.413 e. The third kappa shape index (κ3) is 5.55. The maximum atomic E-state index is 11.9. The molecule has 0 spiro atoms. The fourth-order valence-electron chi connectivity index (χ4n) is 1.28. The molecule has 1 aromatic carbocycles. The molecule has 0 aromatic heterocycles. The summed E-state index contributed by atoms with van der Waals surface area (Å²) in [6.45, 7) is 0.0881. The van der Waals surface area contributed by atoms with E-state index in [9.17, 15) is 21.6 Å². The van der Waals surface area contributed by atoms with Gasteiger partial charge in [-0.3, -0.25) is 4.84 Å². The van der Waals surface area contributed by atoms with Gasteiger partial charge in [0.05, 0.1) is 10.9 Å². The quantitative estimate of drug-likeness (QED) is 0.807. The van der Waals surface area contributed by atoms with E-state index in [0.29, 0.717) is 5.56 Å². The van der Waals surface area contributed by atoms with Crippen molar-refractivity contribution in [3.8, 4) is 0 Å². The Hall–Kier alpha value is -1.16. The molecule has 0 bridgehead atoms. The lowest BCUT2D eigenvalue weighted by atomic mass is 10.1. The van der Waals surface area contributed by atoms with E-state index in [1.54, 1.807) is 6.07 Å². The maximum absolute atomic E-state index is 11.9. The number of rotatable bonds is 5. The lowest BCUT2D eigenvalue weighted by Gasteiger charge is -2.15.